The lowest BCUT2D eigenvalue weighted by atomic mass is 10.1. The fourth-order valence-electron chi connectivity index (χ4n) is 2.42. The topological polar surface area (TPSA) is 65.4 Å². The number of hydrogen-bond acceptors (Lipinski definition) is 4. The Bertz CT molecular complexity index is 844. The number of ether oxygens (including phenoxy) is 2. The summed E-state index contributed by atoms with van der Waals surface area (Å²) < 4.78 is 12.4. The highest BCUT2D eigenvalue weighted by Crippen LogP contribution is 2.31. The Morgan fingerprint density at radius 3 is 2.67 bits per heavy atom. The van der Waals surface area contributed by atoms with E-state index < -0.39 is 0 Å². The van der Waals surface area contributed by atoms with Gasteiger partial charge in [0, 0.05) is 23.8 Å². The van der Waals surface area contributed by atoms with Crippen molar-refractivity contribution in [3.05, 3.63) is 66.7 Å². The molecule has 0 aliphatic carbocycles. The first kappa shape index (κ1) is 15.6. The summed E-state index contributed by atoms with van der Waals surface area (Å²) in [5, 5.41) is 2.88. The summed E-state index contributed by atoms with van der Waals surface area (Å²) in [6.07, 6.45) is 5.24. The van der Waals surface area contributed by atoms with Gasteiger partial charge < -0.3 is 19.4 Å². The molecular formula is C18H17N3O3. The van der Waals surface area contributed by atoms with Crippen molar-refractivity contribution < 1.29 is 14.3 Å². The normalized spacial score (nSPS) is 10.2. The standard InChI is InChI=1S/C18H17N3O3/c1-23-16-8-4-7-15(17(16)24-2)18(22)20-13-5-3-6-14(11-13)21-10-9-19-12-21/h3-12H,1-2H3,(H,20,22). The van der Waals surface area contributed by atoms with Gasteiger partial charge in [-0.1, -0.05) is 12.1 Å². The van der Waals surface area contributed by atoms with Gasteiger partial charge in [0.2, 0.25) is 0 Å². The van der Waals surface area contributed by atoms with E-state index in [1.165, 1.54) is 14.2 Å². The average Bonchev–Trinajstić information content (AvgIpc) is 3.15. The minimum absolute atomic E-state index is 0.270. The number of amides is 1. The third-order valence-electron chi connectivity index (χ3n) is 3.55. The zero-order valence-electron chi connectivity index (χ0n) is 13.4. The predicted molar refractivity (Wildman–Crippen MR) is 91.1 cm³/mol. The molecule has 0 spiro atoms. The molecule has 0 saturated heterocycles. The highest BCUT2D eigenvalue weighted by atomic mass is 16.5. The number of nitrogens with one attached hydrogen (secondary N) is 1. The maximum Gasteiger partial charge on any atom is 0.259 e. The van der Waals surface area contributed by atoms with Crippen LogP contribution in [0.4, 0.5) is 5.69 Å². The van der Waals surface area contributed by atoms with Crippen LogP contribution in [-0.2, 0) is 0 Å². The fraction of sp³-hybridized carbons (Fsp3) is 0.111. The van der Waals surface area contributed by atoms with Gasteiger partial charge in [-0.05, 0) is 30.3 Å². The molecule has 6 nitrogen and oxygen atoms in total. The van der Waals surface area contributed by atoms with Gasteiger partial charge in [0.1, 0.15) is 0 Å². The van der Waals surface area contributed by atoms with Gasteiger partial charge in [-0.25, -0.2) is 4.98 Å². The quantitative estimate of drug-likeness (QED) is 0.783. The lowest BCUT2D eigenvalue weighted by Crippen LogP contribution is -2.13. The molecule has 0 unspecified atom stereocenters. The molecule has 0 atom stereocenters. The number of carbonyl (C=O) groups excluding carboxylic acids is 1. The molecule has 0 bridgehead atoms. The van der Waals surface area contributed by atoms with Crippen LogP contribution in [0.3, 0.4) is 0 Å². The fourth-order valence-corrected chi connectivity index (χ4v) is 2.42. The number of nitrogens with zero attached hydrogens (tertiary/aromatic N) is 2. The summed E-state index contributed by atoms with van der Waals surface area (Å²) in [5.74, 6) is 0.647. The van der Waals surface area contributed by atoms with Crippen LogP contribution in [0.25, 0.3) is 5.69 Å². The zero-order valence-corrected chi connectivity index (χ0v) is 13.4. The summed E-state index contributed by atoms with van der Waals surface area (Å²) in [7, 11) is 3.04. The second-order valence-electron chi connectivity index (χ2n) is 5.02. The number of imidazole rings is 1. The first-order chi connectivity index (χ1) is 11.7. The molecule has 3 aromatic rings. The van der Waals surface area contributed by atoms with Gasteiger partial charge in [-0.2, -0.15) is 0 Å². The first-order valence-corrected chi connectivity index (χ1v) is 7.33. The van der Waals surface area contributed by atoms with E-state index in [0.717, 1.165) is 5.69 Å². The predicted octanol–water partition coefficient (Wildman–Crippen LogP) is 3.14. The summed E-state index contributed by atoms with van der Waals surface area (Å²) >= 11 is 0. The molecular weight excluding hydrogens is 306 g/mol. The Hall–Kier alpha value is -3.28. The van der Waals surface area contributed by atoms with E-state index in [-0.39, 0.29) is 5.91 Å². The van der Waals surface area contributed by atoms with Crippen molar-refractivity contribution >= 4 is 11.6 Å². The monoisotopic (exact) mass is 323 g/mol. The Morgan fingerprint density at radius 1 is 1.12 bits per heavy atom. The number of hydrogen-bond donors (Lipinski definition) is 1. The molecule has 0 saturated carbocycles. The third kappa shape index (κ3) is 3.08. The lowest BCUT2D eigenvalue weighted by Gasteiger charge is -2.13. The Balaban J connectivity index is 1.87. The molecule has 0 radical (unpaired) electrons. The maximum atomic E-state index is 12.6. The second-order valence-corrected chi connectivity index (χ2v) is 5.02. The van der Waals surface area contributed by atoms with Crippen molar-refractivity contribution in [1.82, 2.24) is 9.55 Å². The van der Waals surface area contributed by atoms with E-state index in [1.807, 2.05) is 35.0 Å². The molecule has 1 aromatic heterocycles. The number of para-hydroxylation sites is 1. The van der Waals surface area contributed by atoms with Gasteiger partial charge in [-0.15, -0.1) is 0 Å². The van der Waals surface area contributed by atoms with Crippen molar-refractivity contribution in [2.24, 2.45) is 0 Å². The van der Waals surface area contributed by atoms with Crippen LogP contribution in [0.1, 0.15) is 10.4 Å². The van der Waals surface area contributed by atoms with E-state index >= 15 is 0 Å². The summed E-state index contributed by atoms with van der Waals surface area (Å²) in [5.41, 5.74) is 1.99. The number of anilines is 1. The molecule has 0 aliphatic heterocycles. The first-order valence-electron chi connectivity index (χ1n) is 7.33. The molecule has 1 heterocycles. The van der Waals surface area contributed by atoms with Gasteiger partial charge in [-0.3, -0.25) is 4.79 Å². The van der Waals surface area contributed by atoms with Crippen molar-refractivity contribution in [2.75, 3.05) is 19.5 Å². The van der Waals surface area contributed by atoms with Gasteiger partial charge in [0.15, 0.2) is 11.5 Å². The SMILES string of the molecule is COc1cccc(C(=O)Nc2cccc(-n3ccnc3)c2)c1OC. The molecule has 0 fully saturated rings. The number of benzene rings is 2. The van der Waals surface area contributed by atoms with Crippen LogP contribution in [-0.4, -0.2) is 29.7 Å². The molecule has 1 amide bonds. The van der Waals surface area contributed by atoms with Crippen molar-refractivity contribution in [2.45, 2.75) is 0 Å². The molecule has 0 aliphatic rings. The van der Waals surface area contributed by atoms with E-state index in [2.05, 4.69) is 10.3 Å². The Kier molecular flexibility index (Phi) is 4.47. The molecule has 122 valence electrons. The average molecular weight is 323 g/mol. The summed E-state index contributed by atoms with van der Waals surface area (Å²) in [4.78, 5) is 16.6. The van der Waals surface area contributed by atoms with E-state index in [1.54, 1.807) is 30.7 Å². The number of carbonyl (C=O) groups is 1. The smallest absolute Gasteiger partial charge is 0.259 e. The van der Waals surface area contributed by atoms with Crippen molar-refractivity contribution in [3.8, 4) is 17.2 Å². The molecule has 24 heavy (non-hydrogen) atoms. The van der Waals surface area contributed by atoms with Crippen molar-refractivity contribution in [3.63, 3.8) is 0 Å². The van der Waals surface area contributed by atoms with Crippen LogP contribution in [0.5, 0.6) is 11.5 Å². The highest BCUT2D eigenvalue weighted by Gasteiger charge is 2.16. The number of rotatable bonds is 5. The van der Waals surface area contributed by atoms with E-state index in [9.17, 15) is 4.79 Å². The Labute approximate surface area is 139 Å². The van der Waals surface area contributed by atoms with Crippen LogP contribution < -0.4 is 14.8 Å². The van der Waals surface area contributed by atoms with Crippen LogP contribution in [0.15, 0.2) is 61.2 Å². The van der Waals surface area contributed by atoms with Crippen molar-refractivity contribution in [1.29, 1.82) is 0 Å². The lowest BCUT2D eigenvalue weighted by molar-refractivity contribution is 0.102. The maximum absolute atomic E-state index is 12.6. The minimum Gasteiger partial charge on any atom is -0.493 e. The van der Waals surface area contributed by atoms with E-state index in [0.29, 0.717) is 22.7 Å². The molecule has 3 rings (SSSR count). The molecule has 1 N–H and O–H groups in total. The third-order valence-corrected chi connectivity index (χ3v) is 3.55. The van der Waals surface area contributed by atoms with Crippen LogP contribution in [0.2, 0.25) is 0 Å². The largest absolute Gasteiger partial charge is 0.493 e. The van der Waals surface area contributed by atoms with Gasteiger partial charge >= 0.3 is 0 Å². The number of methoxy groups -OCH3 is 2. The second kappa shape index (κ2) is 6.87. The van der Waals surface area contributed by atoms with Crippen LogP contribution in [0, 0.1) is 0 Å². The number of aromatic nitrogens is 2. The highest BCUT2D eigenvalue weighted by molar-refractivity contribution is 6.06. The van der Waals surface area contributed by atoms with Gasteiger partial charge in [0.25, 0.3) is 5.91 Å². The van der Waals surface area contributed by atoms with Crippen LogP contribution >= 0.6 is 0 Å². The minimum atomic E-state index is -0.270. The van der Waals surface area contributed by atoms with E-state index in [4.69, 9.17) is 9.47 Å². The Morgan fingerprint density at radius 2 is 1.96 bits per heavy atom. The molecule has 2 aromatic carbocycles. The zero-order chi connectivity index (χ0) is 16.9. The summed E-state index contributed by atoms with van der Waals surface area (Å²) in [6, 6.07) is 12.7. The van der Waals surface area contributed by atoms with Gasteiger partial charge in [0.05, 0.1) is 26.1 Å². The molecule has 6 heteroatoms. The summed E-state index contributed by atoms with van der Waals surface area (Å²) in [6.45, 7) is 0.